The number of hydrogen-bond acceptors (Lipinski definition) is 4. The summed E-state index contributed by atoms with van der Waals surface area (Å²) >= 11 is 0. The Morgan fingerprint density at radius 2 is 2.21 bits per heavy atom. The van der Waals surface area contributed by atoms with Crippen LogP contribution in [0.3, 0.4) is 0 Å². The Morgan fingerprint density at radius 1 is 1.53 bits per heavy atom. The van der Waals surface area contributed by atoms with Crippen LogP contribution in [0.15, 0.2) is 12.3 Å². The van der Waals surface area contributed by atoms with E-state index in [0.717, 1.165) is 11.4 Å². The molecule has 0 aliphatic rings. The SMILES string of the molecule is CNc1cc(C)ncc1C(=O)NC(C)CCS(C)=O. The van der Waals surface area contributed by atoms with Crippen molar-refractivity contribution < 1.29 is 9.00 Å². The van der Waals surface area contributed by atoms with Gasteiger partial charge >= 0.3 is 0 Å². The van der Waals surface area contributed by atoms with Crippen LogP contribution in [0, 0.1) is 6.92 Å². The molecular weight excluding hydrogens is 262 g/mol. The second-order valence-corrected chi connectivity index (χ2v) is 6.12. The molecule has 106 valence electrons. The minimum absolute atomic E-state index is 0.0117. The fourth-order valence-corrected chi connectivity index (χ4v) is 2.35. The first-order valence-corrected chi connectivity index (χ1v) is 7.92. The molecule has 2 atom stereocenters. The van der Waals surface area contributed by atoms with E-state index < -0.39 is 10.8 Å². The third kappa shape index (κ3) is 4.98. The first kappa shape index (κ1) is 15.6. The van der Waals surface area contributed by atoms with E-state index in [-0.39, 0.29) is 11.9 Å². The predicted octanol–water partition coefficient (Wildman–Crippen LogP) is 1.32. The van der Waals surface area contributed by atoms with Gasteiger partial charge in [-0.2, -0.15) is 0 Å². The summed E-state index contributed by atoms with van der Waals surface area (Å²) in [6.45, 7) is 3.78. The summed E-state index contributed by atoms with van der Waals surface area (Å²) in [5.74, 6) is 0.429. The molecule has 0 fully saturated rings. The van der Waals surface area contributed by atoms with Crippen molar-refractivity contribution >= 4 is 22.4 Å². The zero-order valence-corrected chi connectivity index (χ0v) is 12.6. The smallest absolute Gasteiger partial charge is 0.255 e. The van der Waals surface area contributed by atoms with Gasteiger partial charge in [-0.05, 0) is 26.3 Å². The maximum absolute atomic E-state index is 12.1. The Labute approximate surface area is 116 Å². The third-order valence-electron chi connectivity index (χ3n) is 2.77. The number of pyridine rings is 1. The predicted molar refractivity (Wildman–Crippen MR) is 79.0 cm³/mol. The Hall–Kier alpha value is -1.43. The van der Waals surface area contributed by atoms with Crippen molar-refractivity contribution in [3.8, 4) is 0 Å². The second kappa shape index (κ2) is 7.23. The topological polar surface area (TPSA) is 71.1 Å². The molecule has 19 heavy (non-hydrogen) atoms. The molecule has 0 saturated heterocycles. The van der Waals surface area contributed by atoms with E-state index in [0.29, 0.717) is 17.7 Å². The summed E-state index contributed by atoms with van der Waals surface area (Å²) in [5.41, 5.74) is 2.14. The van der Waals surface area contributed by atoms with Crippen molar-refractivity contribution in [1.82, 2.24) is 10.3 Å². The lowest BCUT2D eigenvalue weighted by Gasteiger charge is -2.15. The van der Waals surface area contributed by atoms with Gasteiger partial charge in [0.25, 0.3) is 5.91 Å². The Kier molecular flexibility index (Phi) is 5.95. The standard InChI is InChI=1S/C13H21N3O2S/c1-9(5-6-19(4)18)16-13(17)11-8-15-10(2)7-12(11)14-3/h7-9H,5-6H2,1-4H3,(H,14,15)(H,16,17). The van der Waals surface area contributed by atoms with Crippen LogP contribution in [0.5, 0.6) is 0 Å². The minimum Gasteiger partial charge on any atom is -0.387 e. The van der Waals surface area contributed by atoms with E-state index in [1.54, 1.807) is 19.5 Å². The number of nitrogens with zero attached hydrogens (tertiary/aromatic N) is 1. The van der Waals surface area contributed by atoms with E-state index in [2.05, 4.69) is 15.6 Å². The highest BCUT2D eigenvalue weighted by molar-refractivity contribution is 7.84. The van der Waals surface area contributed by atoms with Gasteiger partial charge in [-0.15, -0.1) is 0 Å². The van der Waals surface area contributed by atoms with Gasteiger partial charge in [-0.3, -0.25) is 14.0 Å². The molecule has 2 unspecified atom stereocenters. The van der Waals surface area contributed by atoms with Crippen LogP contribution in [-0.2, 0) is 10.8 Å². The van der Waals surface area contributed by atoms with E-state index in [1.807, 2.05) is 19.9 Å². The quantitative estimate of drug-likeness (QED) is 0.826. The number of rotatable bonds is 6. The van der Waals surface area contributed by atoms with Gasteiger partial charge < -0.3 is 10.6 Å². The highest BCUT2D eigenvalue weighted by Crippen LogP contribution is 2.15. The van der Waals surface area contributed by atoms with E-state index in [9.17, 15) is 9.00 Å². The van der Waals surface area contributed by atoms with Gasteiger partial charge in [0, 0.05) is 47.8 Å². The van der Waals surface area contributed by atoms with Crippen molar-refractivity contribution in [2.45, 2.75) is 26.3 Å². The zero-order chi connectivity index (χ0) is 14.4. The molecule has 6 heteroatoms. The summed E-state index contributed by atoms with van der Waals surface area (Å²) in [5, 5.41) is 5.88. The van der Waals surface area contributed by atoms with Crippen molar-refractivity contribution in [2.24, 2.45) is 0 Å². The van der Waals surface area contributed by atoms with Gasteiger partial charge in [0.2, 0.25) is 0 Å². The van der Waals surface area contributed by atoms with Crippen LogP contribution >= 0.6 is 0 Å². The highest BCUT2D eigenvalue weighted by atomic mass is 32.2. The van der Waals surface area contributed by atoms with Crippen molar-refractivity contribution in [1.29, 1.82) is 0 Å². The molecule has 1 heterocycles. The summed E-state index contributed by atoms with van der Waals surface area (Å²) in [4.78, 5) is 16.3. The number of hydrogen-bond donors (Lipinski definition) is 2. The lowest BCUT2D eigenvalue weighted by molar-refractivity contribution is 0.0940. The third-order valence-corrected chi connectivity index (χ3v) is 3.58. The van der Waals surface area contributed by atoms with Crippen LogP contribution in [0.2, 0.25) is 0 Å². The summed E-state index contributed by atoms with van der Waals surface area (Å²) in [6, 6.07) is 1.82. The fraction of sp³-hybridized carbons (Fsp3) is 0.538. The van der Waals surface area contributed by atoms with E-state index in [1.165, 1.54) is 0 Å². The van der Waals surface area contributed by atoms with Gasteiger partial charge in [0.15, 0.2) is 0 Å². The van der Waals surface area contributed by atoms with Gasteiger partial charge in [-0.1, -0.05) is 0 Å². The number of aryl methyl sites for hydroxylation is 1. The molecule has 1 amide bonds. The zero-order valence-electron chi connectivity index (χ0n) is 11.8. The number of carbonyl (C=O) groups is 1. The molecule has 5 nitrogen and oxygen atoms in total. The Morgan fingerprint density at radius 3 is 2.79 bits per heavy atom. The lowest BCUT2D eigenvalue weighted by Crippen LogP contribution is -2.34. The molecular formula is C13H21N3O2S. The largest absolute Gasteiger partial charge is 0.387 e. The average Bonchev–Trinajstić information content (AvgIpc) is 2.35. The fourth-order valence-electron chi connectivity index (χ4n) is 1.66. The summed E-state index contributed by atoms with van der Waals surface area (Å²) in [7, 11) is 0.942. The van der Waals surface area contributed by atoms with Crippen LogP contribution in [0.25, 0.3) is 0 Å². The maximum Gasteiger partial charge on any atom is 0.255 e. The molecule has 1 aromatic heterocycles. The molecule has 0 aromatic carbocycles. The van der Waals surface area contributed by atoms with Crippen LogP contribution in [-0.4, -0.2) is 40.2 Å². The van der Waals surface area contributed by atoms with Crippen molar-refractivity contribution in [3.05, 3.63) is 23.5 Å². The number of anilines is 1. The molecule has 1 aromatic rings. The molecule has 0 radical (unpaired) electrons. The van der Waals surface area contributed by atoms with Crippen LogP contribution in [0.1, 0.15) is 29.4 Å². The van der Waals surface area contributed by atoms with Crippen LogP contribution in [0.4, 0.5) is 5.69 Å². The molecule has 2 N–H and O–H groups in total. The number of aromatic nitrogens is 1. The summed E-state index contributed by atoms with van der Waals surface area (Å²) < 4.78 is 11.0. The molecule has 0 aliphatic carbocycles. The lowest BCUT2D eigenvalue weighted by atomic mass is 10.1. The number of amides is 1. The Balaban J connectivity index is 2.70. The number of carbonyl (C=O) groups excluding carboxylic acids is 1. The van der Waals surface area contributed by atoms with Crippen LogP contribution < -0.4 is 10.6 Å². The van der Waals surface area contributed by atoms with Crippen molar-refractivity contribution in [3.63, 3.8) is 0 Å². The van der Waals surface area contributed by atoms with Gasteiger partial charge in [-0.25, -0.2) is 0 Å². The van der Waals surface area contributed by atoms with Gasteiger partial charge in [0.05, 0.1) is 11.3 Å². The first-order valence-electron chi connectivity index (χ1n) is 6.19. The minimum atomic E-state index is -0.831. The molecule has 0 saturated carbocycles. The van der Waals surface area contributed by atoms with E-state index >= 15 is 0 Å². The Bertz CT molecular complexity index is 477. The monoisotopic (exact) mass is 283 g/mol. The molecule has 0 spiro atoms. The molecule has 0 bridgehead atoms. The average molecular weight is 283 g/mol. The first-order chi connectivity index (χ1) is 8.93. The molecule has 1 rings (SSSR count). The highest BCUT2D eigenvalue weighted by Gasteiger charge is 2.14. The normalized spacial score (nSPS) is 13.7. The number of nitrogens with one attached hydrogen (secondary N) is 2. The summed E-state index contributed by atoms with van der Waals surface area (Å²) in [6.07, 6.45) is 3.93. The van der Waals surface area contributed by atoms with Crippen molar-refractivity contribution in [2.75, 3.05) is 24.4 Å². The van der Waals surface area contributed by atoms with Gasteiger partial charge in [0.1, 0.15) is 0 Å². The second-order valence-electron chi connectivity index (χ2n) is 4.56. The van der Waals surface area contributed by atoms with E-state index in [4.69, 9.17) is 0 Å². The molecule has 0 aliphatic heterocycles. The maximum atomic E-state index is 12.1.